The molecule has 132 valence electrons. The lowest BCUT2D eigenvalue weighted by atomic mass is 9.97. The van der Waals surface area contributed by atoms with Gasteiger partial charge >= 0.3 is 5.97 Å². The van der Waals surface area contributed by atoms with Crippen LogP contribution < -0.4 is 0 Å². The van der Waals surface area contributed by atoms with E-state index in [-0.39, 0.29) is 24.2 Å². The third-order valence-corrected chi connectivity index (χ3v) is 5.28. The third-order valence-electron chi connectivity index (χ3n) is 4.41. The molecular formula is C18H19FN2O3S. The van der Waals surface area contributed by atoms with Gasteiger partial charge < -0.3 is 10.0 Å². The number of carbonyl (C=O) groups is 2. The highest BCUT2D eigenvalue weighted by atomic mass is 32.1. The monoisotopic (exact) mass is 362 g/mol. The number of aromatic nitrogens is 1. The van der Waals surface area contributed by atoms with Crippen molar-refractivity contribution in [3.8, 4) is 10.6 Å². The van der Waals surface area contributed by atoms with Gasteiger partial charge in [0.2, 0.25) is 0 Å². The normalized spacial score (nSPS) is 17.5. The van der Waals surface area contributed by atoms with E-state index in [2.05, 4.69) is 4.98 Å². The molecule has 1 atom stereocenters. The minimum Gasteiger partial charge on any atom is -0.481 e. The zero-order chi connectivity index (χ0) is 17.8. The number of carboxylic acids is 1. The maximum atomic E-state index is 13.9. The highest BCUT2D eigenvalue weighted by molar-refractivity contribution is 7.13. The number of carbonyl (C=O) groups excluding carboxylic acids is 1. The van der Waals surface area contributed by atoms with Crippen LogP contribution in [-0.4, -0.2) is 39.5 Å². The number of benzene rings is 1. The summed E-state index contributed by atoms with van der Waals surface area (Å²) in [5.74, 6) is -1.42. The topological polar surface area (TPSA) is 70.5 Å². The molecular weight excluding hydrogens is 343 g/mol. The molecule has 2 aromatic rings. The number of nitrogens with zero attached hydrogens (tertiary/aromatic N) is 2. The van der Waals surface area contributed by atoms with Gasteiger partial charge in [-0.1, -0.05) is 12.1 Å². The fourth-order valence-corrected chi connectivity index (χ4v) is 3.96. The van der Waals surface area contributed by atoms with E-state index < -0.39 is 5.97 Å². The Labute approximate surface area is 149 Å². The van der Waals surface area contributed by atoms with E-state index in [1.54, 1.807) is 28.5 Å². The fraction of sp³-hybridized carbons (Fsp3) is 0.389. The zero-order valence-electron chi connectivity index (χ0n) is 13.7. The van der Waals surface area contributed by atoms with Gasteiger partial charge in [-0.25, -0.2) is 9.37 Å². The molecule has 0 spiro atoms. The van der Waals surface area contributed by atoms with Crippen molar-refractivity contribution in [3.05, 3.63) is 41.2 Å². The van der Waals surface area contributed by atoms with Crippen LogP contribution in [0.25, 0.3) is 10.6 Å². The van der Waals surface area contributed by atoms with E-state index in [0.29, 0.717) is 29.2 Å². The fourth-order valence-electron chi connectivity index (χ4n) is 3.14. The Morgan fingerprint density at radius 1 is 1.32 bits per heavy atom. The summed E-state index contributed by atoms with van der Waals surface area (Å²) in [4.78, 5) is 29.7. The Hall–Kier alpha value is -2.28. The largest absolute Gasteiger partial charge is 0.481 e. The summed E-state index contributed by atoms with van der Waals surface area (Å²) in [6.07, 6.45) is 3.20. The van der Waals surface area contributed by atoms with Gasteiger partial charge in [0.25, 0.3) is 5.91 Å². The Morgan fingerprint density at radius 3 is 2.88 bits per heavy atom. The minimum atomic E-state index is -0.853. The molecule has 25 heavy (non-hydrogen) atoms. The van der Waals surface area contributed by atoms with Crippen LogP contribution in [0.5, 0.6) is 0 Å². The van der Waals surface area contributed by atoms with Crippen molar-refractivity contribution in [2.45, 2.75) is 38.1 Å². The quantitative estimate of drug-likeness (QED) is 0.878. The predicted molar refractivity (Wildman–Crippen MR) is 93.1 cm³/mol. The van der Waals surface area contributed by atoms with Crippen molar-refractivity contribution in [1.82, 2.24) is 9.88 Å². The molecule has 1 saturated heterocycles. The van der Waals surface area contributed by atoms with Crippen molar-refractivity contribution in [2.24, 2.45) is 0 Å². The maximum absolute atomic E-state index is 13.9. The number of halogens is 1. The van der Waals surface area contributed by atoms with E-state index in [0.717, 1.165) is 19.3 Å². The summed E-state index contributed by atoms with van der Waals surface area (Å²) < 4.78 is 13.9. The summed E-state index contributed by atoms with van der Waals surface area (Å²) in [5.41, 5.74) is 0.679. The molecule has 0 bridgehead atoms. The molecule has 1 N–H and O–H groups in total. The average Bonchev–Trinajstić information content (AvgIpc) is 3.10. The molecule has 0 unspecified atom stereocenters. The molecule has 1 aromatic heterocycles. The van der Waals surface area contributed by atoms with E-state index in [1.165, 1.54) is 17.4 Å². The summed E-state index contributed by atoms with van der Waals surface area (Å²) in [7, 11) is 0. The van der Waals surface area contributed by atoms with Crippen LogP contribution in [0.3, 0.4) is 0 Å². The van der Waals surface area contributed by atoms with Gasteiger partial charge in [-0.2, -0.15) is 0 Å². The smallest absolute Gasteiger partial charge is 0.303 e. The van der Waals surface area contributed by atoms with E-state index in [9.17, 15) is 14.0 Å². The van der Waals surface area contributed by atoms with Gasteiger partial charge in [-0.3, -0.25) is 9.59 Å². The van der Waals surface area contributed by atoms with Crippen LogP contribution in [-0.2, 0) is 4.79 Å². The number of piperidine rings is 1. The SMILES string of the molecule is O=C(O)CC[C@H]1CCCCN1C(=O)c1csc(-c2ccccc2F)n1. The van der Waals surface area contributed by atoms with Gasteiger partial charge in [0.15, 0.2) is 0 Å². The second-order valence-corrected chi connectivity index (χ2v) is 6.96. The van der Waals surface area contributed by atoms with Crippen LogP contribution in [0.4, 0.5) is 4.39 Å². The van der Waals surface area contributed by atoms with Crippen LogP contribution >= 0.6 is 11.3 Å². The minimum absolute atomic E-state index is 0.0476. The molecule has 3 rings (SSSR count). The molecule has 0 radical (unpaired) electrons. The first kappa shape index (κ1) is 17.5. The van der Waals surface area contributed by atoms with Crippen molar-refractivity contribution in [3.63, 3.8) is 0 Å². The molecule has 1 aromatic carbocycles. The van der Waals surface area contributed by atoms with Crippen LogP contribution in [0, 0.1) is 5.82 Å². The first-order chi connectivity index (χ1) is 12.1. The third kappa shape index (κ3) is 4.04. The van der Waals surface area contributed by atoms with E-state index in [1.807, 2.05) is 0 Å². The number of carboxylic acid groups (broad SMARTS) is 1. The predicted octanol–water partition coefficient (Wildman–Crippen LogP) is 3.81. The van der Waals surface area contributed by atoms with Gasteiger partial charge in [0.1, 0.15) is 16.5 Å². The van der Waals surface area contributed by atoms with Crippen LogP contribution in [0.1, 0.15) is 42.6 Å². The number of likely N-dealkylation sites (tertiary alicyclic amines) is 1. The Bertz CT molecular complexity index is 777. The number of rotatable bonds is 5. The molecule has 1 aliphatic heterocycles. The van der Waals surface area contributed by atoms with Gasteiger partial charge in [0, 0.05) is 30.0 Å². The summed E-state index contributed by atoms with van der Waals surface area (Å²) in [5, 5.41) is 11.0. The molecule has 5 nitrogen and oxygen atoms in total. The molecule has 0 aliphatic carbocycles. The first-order valence-corrected chi connectivity index (χ1v) is 9.17. The number of hydrogen-bond acceptors (Lipinski definition) is 4. The average molecular weight is 362 g/mol. The maximum Gasteiger partial charge on any atom is 0.303 e. The molecule has 7 heteroatoms. The molecule has 1 aliphatic rings. The first-order valence-electron chi connectivity index (χ1n) is 8.29. The van der Waals surface area contributed by atoms with Crippen molar-refractivity contribution in [1.29, 1.82) is 0 Å². The standard InChI is InChI=1S/C18H19FN2O3S/c19-14-7-2-1-6-13(14)17-20-15(11-25-17)18(24)21-10-4-3-5-12(21)8-9-16(22)23/h1-2,6-7,11-12H,3-5,8-10H2,(H,22,23)/t12-/m1/s1. The number of hydrogen-bond donors (Lipinski definition) is 1. The highest BCUT2D eigenvalue weighted by Crippen LogP contribution is 2.28. The summed E-state index contributed by atoms with van der Waals surface area (Å²) >= 11 is 1.24. The van der Waals surface area contributed by atoms with Crippen LogP contribution in [0.15, 0.2) is 29.6 Å². The Kier molecular flexibility index (Phi) is 5.43. The van der Waals surface area contributed by atoms with Crippen molar-refractivity contribution in [2.75, 3.05) is 6.54 Å². The Morgan fingerprint density at radius 2 is 2.12 bits per heavy atom. The molecule has 0 saturated carbocycles. The number of amides is 1. The van der Waals surface area contributed by atoms with Crippen molar-refractivity contribution >= 4 is 23.2 Å². The second-order valence-electron chi connectivity index (χ2n) is 6.10. The van der Waals surface area contributed by atoms with Crippen molar-refractivity contribution < 1.29 is 19.1 Å². The van der Waals surface area contributed by atoms with E-state index >= 15 is 0 Å². The van der Waals surface area contributed by atoms with E-state index in [4.69, 9.17) is 5.11 Å². The molecule has 1 fully saturated rings. The number of aliphatic carboxylic acids is 1. The lowest BCUT2D eigenvalue weighted by molar-refractivity contribution is -0.137. The Balaban J connectivity index is 1.78. The summed E-state index contributed by atoms with van der Waals surface area (Å²) in [6.45, 7) is 0.607. The second kappa shape index (κ2) is 7.74. The van der Waals surface area contributed by atoms with Crippen LogP contribution in [0.2, 0.25) is 0 Å². The highest BCUT2D eigenvalue weighted by Gasteiger charge is 2.29. The molecule has 2 heterocycles. The van der Waals surface area contributed by atoms with Gasteiger partial charge in [-0.05, 0) is 37.8 Å². The summed E-state index contributed by atoms with van der Waals surface area (Å²) in [6, 6.07) is 6.27. The van der Waals surface area contributed by atoms with Gasteiger partial charge in [0.05, 0.1) is 0 Å². The van der Waals surface area contributed by atoms with Gasteiger partial charge in [-0.15, -0.1) is 11.3 Å². The lowest BCUT2D eigenvalue weighted by Gasteiger charge is -2.35. The molecule has 1 amide bonds. The number of thiazole rings is 1. The lowest BCUT2D eigenvalue weighted by Crippen LogP contribution is -2.44. The zero-order valence-corrected chi connectivity index (χ0v) is 14.5.